The van der Waals surface area contributed by atoms with E-state index in [1.54, 1.807) is 0 Å². The lowest BCUT2D eigenvalue weighted by Gasteiger charge is -2.33. The Kier molecular flexibility index (Phi) is 3.68. The second-order valence-electron chi connectivity index (χ2n) is 8.59. The van der Waals surface area contributed by atoms with Crippen molar-refractivity contribution in [2.45, 2.75) is 71.4 Å². The fourth-order valence-corrected chi connectivity index (χ4v) is 5.37. The van der Waals surface area contributed by atoms with Gasteiger partial charge in [0, 0.05) is 12.6 Å². The molecule has 3 rings (SSSR count). The molecule has 3 saturated carbocycles. The summed E-state index contributed by atoms with van der Waals surface area (Å²) in [5.41, 5.74) is 0.228. The summed E-state index contributed by atoms with van der Waals surface area (Å²) in [5, 5.41) is 13.8. The lowest BCUT2D eigenvalue weighted by atomic mass is 9.79. The molecule has 0 aromatic rings. The van der Waals surface area contributed by atoms with Crippen molar-refractivity contribution in [1.29, 1.82) is 0 Å². The topological polar surface area (TPSA) is 32.3 Å². The monoisotopic (exact) mass is 265 g/mol. The third-order valence-electron chi connectivity index (χ3n) is 5.89. The summed E-state index contributed by atoms with van der Waals surface area (Å²) in [6.07, 6.45) is 8.03. The van der Waals surface area contributed by atoms with Crippen LogP contribution in [0.4, 0.5) is 0 Å². The van der Waals surface area contributed by atoms with Gasteiger partial charge in [-0.15, -0.1) is 0 Å². The fourth-order valence-electron chi connectivity index (χ4n) is 5.37. The summed E-state index contributed by atoms with van der Waals surface area (Å²) in [6, 6.07) is 0.707. The SMILES string of the molecule is CC(C)(C)CC(O)CNC1CC2CC1C1CCCC21. The molecule has 2 N–H and O–H groups in total. The quantitative estimate of drug-likeness (QED) is 0.818. The number of aliphatic hydroxyl groups is 1. The van der Waals surface area contributed by atoms with Crippen molar-refractivity contribution in [2.75, 3.05) is 6.54 Å². The number of hydrogen-bond acceptors (Lipinski definition) is 2. The van der Waals surface area contributed by atoms with Crippen LogP contribution in [-0.2, 0) is 0 Å². The van der Waals surface area contributed by atoms with Crippen molar-refractivity contribution in [3.8, 4) is 0 Å². The molecule has 2 heteroatoms. The smallest absolute Gasteiger partial charge is 0.0669 e. The Labute approximate surface area is 118 Å². The zero-order valence-corrected chi connectivity index (χ0v) is 12.9. The van der Waals surface area contributed by atoms with Crippen LogP contribution in [0.1, 0.15) is 59.3 Å². The van der Waals surface area contributed by atoms with Gasteiger partial charge in [0.25, 0.3) is 0 Å². The van der Waals surface area contributed by atoms with Gasteiger partial charge in [0.2, 0.25) is 0 Å². The van der Waals surface area contributed by atoms with Crippen LogP contribution >= 0.6 is 0 Å². The van der Waals surface area contributed by atoms with Crippen LogP contribution in [0.3, 0.4) is 0 Å². The minimum Gasteiger partial charge on any atom is -0.392 e. The first-order chi connectivity index (χ1) is 8.94. The Balaban J connectivity index is 1.47. The second-order valence-corrected chi connectivity index (χ2v) is 8.59. The molecule has 0 radical (unpaired) electrons. The molecule has 0 aliphatic heterocycles. The van der Waals surface area contributed by atoms with Gasteiger partial charge in [0.1, 0.15) is 0 Å². The van der Waals surface area contributed by atoms with E-state index in [-0.39, 0.29) is 11.5 Å². The van der Waals surface area contributed by atoms with Crippen LogP contribution in [-0.4, -0.2) is 23.8 Å². The summed E-state index contributed by atoms with van der Waals surface area (Å²) in [6.45, 7) is 7.41. The number of hydrogen-bond donors (Lipinski definition) is 2. The highest BCUT2D eigenvalue weighted by Crippen LogP contribution is 2.58. The van der Waals surface area contributed by atoms with E-state index in [0.717, 1.165) is 36.6 Å². The largest absolute Gasteiger partial charge is 0.392 e. The Morgan fingerprint density at radius 2 is 1.84 bits per heavy atom. The normalized spacial score (nSPS) is 42.6. The molecule has 2 bridgehead atoms. The molecule has 2 nitrogen and oxygen atoms in total. The molecule has 0 aromatic carbocycles. The van der Waals surface area contributed by atoms with Crippen molar-refractivity contribution >= 4 is 0 Å². The van der Waals surface area contributed by atoms with Gasteiger partial charge < -0.3 is 10.4 Å². The first-order valence-corrected chi connectivity index (χ1v) is 8.35. The molecule has 3 aliphatic carbocycles. The highest BCUT2D eigenvalue weighted by molar-refractivity contribution is 5.05. The number of aliphatic hydroxyl groups excluding tert-OH is 1. The molecule has 0 amide bonds. The van der Waals surface area contributed by atoms with Crippen molar-refractivity contribution in [3.63, 3.8) is 0 Å². The van der Waals surface area contributed by atoms with E-state index in [1.807, 2.05) is 0 Å². The maximum atomic E-state index is 10.1. The van der Waals surface area contributed by atoms with Crippen LogP contribution in [0, 0.1) is 29.1 Å². The Hall–Kier alpha value is -0.0800. The maximum Gasteiger partial charge on any atom is 0.0669 e. The second kappa shape index (κ2) is 5.04. The zero-order valence-electron chi connectivity index (χ0n) is 12.9. The minimum atomic E-state index is -0.182. The lowest BCUT2D eigenvalue weighted by molar-refractivity contribution is 0.108. The van der Waals surface area contributed by atoms with E-state index in [2.05, 4.69) is 26.1 Å². The molecule has 0 saturated heterocycles. The Bertz CT molecular complexity index is 322. The van der Waals surface area contributed by atoms with E-state index < -0.39 is 0 Å². The molecule has 0 aromatic heterocycles. The molecule has 0 heterocycles. The average Bonchev–Trinajstić information content (AvgIpc) is 2.95. The van der Waals surface area contributed by atoms with Gasteiger partial charge in [0.15, 0.2) is 0 Å². The van der Waals surface area contributed by atoms with Gasteiger partial charge in [0.05, 0.1) is 6.10 Å². The zero-order chi connectivity index (χ0) is 13.6. The highest BCUT2D eigenvalue weighted by Gasteiger charge is 2.53. The molecule has 3 fully saturated rings. The summed E-state index contributed by atoms with van der Waals surface area (Å²) in [4.78, 5) is 0. The van der Waals surface area contributed by atoms with Crippen LogP contribution < -0.4 is 5.32 Å². The predicted molar refractivity (Wildman–Crippen MR) is 78.9 cm³/mol. The van der Waals surface area contributed by atoms with E-state index in [1.165, 1.54) is 32.1 Å². The average molecular weight is 265 g/mol. The third-order valence-corrected chi connectivity index (χ3v) is 5.89. The third kappa shape index (κ3) is 2.85. The highest BCUT2D eigenvalue weighted by atomic mass is 16.3. The summed E-state index contributed by atoms with van der Waals surface area (Å²) >= 11 is 0. The summed E-state index contributed by atoms with van der Waals surface area (Å²) < 4.78 is 0. The molecule has 6 unspecified atom stereocenters. The van der Waals surface area contributed by atoms with Gasteiger partial charge in [-0.3, -0.25) is 0 Å². The van der Waals surface area contributed by atoms with E-state index >= 15 is 0 Å². The first-order valence-electron chi connectivity index (χ1n) is 8.35. The molecule has 19 heavy (non-hydrogen) atoms. The van der Waals surface area contributed by atoms with Crippen molar-refractivity contribution in [1.82, 2.24) is 5.32 Å². The van der Waals surface area contributed by atoms with Crippen molar-refractivity contribution in [3.05, 3.63) is 0 Å². The van der Waals surface area contributed by atoms with Crippen molar-refractivity contribution < 1.29 is 5.11 Å². The van der Waals surface area contributed by atoms with Crippen LogP contribution in [0.2, 0.25) is 0 Å². The van der Waals surface area contributed by atoms with E-state index in [9.17, 15) is 5.11 Å². The van der Waals surface area contributed by atoms with Gasteiger partial charge in [-0.25, -0.2) is 0 Å². The molecule has 3 aliphatic rings. The summed E-state index contributed by atoms with van der Waals surface area (Å²) in [5.74, 6) is 4.03. The number of nitrogens with one attached hydrogen (secondary N) is 1. The fraction of sp³-hybridized carbons (Fsp3) is 1.00. The Morgan fingerprint density at radius 1 is 1.11 bits per heavy atom. The number of fused-ring (bicyclic) bond motifs is 5. The van der Waals surface area contributed by atoms with Crippen LogP contribution in [0.25, 0.3) is 0 Å². The lowest BCUT2D eigenvalue weighted by Crippen LogP contribution is -2.43. The summed E-state index contributed by atoms with van der Waals surface area (Å²) in [7, 11) is 0. The molecule has 6 atom stereocenters. The van der Waals surface area contributed by atoms with Gasteiger partial charge in [-0.05, 0) is 61.2 Å². The van der Waals surface area contributed by atoms with Crippen molar-refractivity contribution in [2.24, 2.45) is 29.1 Å². The number of rotatable bonds is 4. The van der Waals surface area contributed by atoms with Gasteiger partial charge in [-0.2, -0.15) is 0 Å². The van der Waals surface area contributed by atoms with Gasteiger partial charge in [-0.1, -0.05) is 27.2 Å². The minimum absolute atomic E-state index is 0.182. The standard InChI is InChI=1S/C17H31NO/c1-17(2,3)9-12(19)10-18-16-8-11-7-15(16)14-6-4-5-13(11)14/h11-16,18-19H,4-10H2,1-3H3. The molecular formula is C17H31NO. The molecular weight excluding hydrogens is 234 g/mol. The van der Waals surface area contributed by atoms with E-state index in [4.69, 9.17) is 0 Å². The van der Waals surface area contributed by atoms with Gasteiger partial charge >= 0.3 is 0 Å². The van der Waals surface area contributed by atoms with E-state index in [0.29, 0.717) is 6.04 Å². The van der Waals surface area contributed by atoms with Crippen LogP contribution in [0.15, 0.2) is 0 Å². The molecule has 0 spiro atoms. The van der Waals surface area contributed by atoms with Crippen LogP contribution in [0.5, 0.6) is 0 Å². The maximum absolute atomic E-state index is 10.1. The first kappa shape index (κ1) is 13.9. The molecule has 110 valence electrons. The predicted octanol–water partition coefficient (Wildman–Crippen LogP) is 3.20. The Morgan fingerprint density at radius 3 is 2.58 bits per heavy atom.